The number of hydrogen-bond acceptors (Lipinski definition) is 6. The first kappa shape index (κ1) is 23.4. The molecule has 0 saturated heterocycles. The summed E-state index contributed by atoms with van der Waals surface area (Å²) in [5.41, 5.74) is 0.988. The standard InChI is InChI=1S/C25H22N4O6/c1-2-35-22-13-6-4-11-19(22)26-23(30)15-21-24(31)27-18-10-3-5-12-20(18)28(21)25(32)16-8-7-9-17(14-16)29(33)34/h3-14,21H,2,15H2,1H3,(H,26,30)(H,27,31)/t21-/m1/s1. The molecule has 0 radical (unpaired) electrons. The largest absolute Gasteiger partial charge is 0.492 e. The number of nitrogens with one attached hydrogen (secondary N) is 2. The minimum absolute atomic E-state index is 0.0239. The van der Waals surface area contributed by atoms with Crippen LogP contribution in [0.25, 0.3) is 0 Å². The van der Waals surface area contributed by atoms with Crippen molar-refractivity contribution in [3.8, 4) is 5.75 Å². The summed E-state index contributed by atoms with van der Waals surface area (Å²) in [6, 6.07) is 17.6. The van der Waals surface area contributed by atoms with Gasteiger partial charge in [0.05, 0.1) is 35.0 Å². The molecule has 1 heterocycles. The minimum atomic E-state index is -1.18. The van der Waals surface area contributed by atoms with Crippen LogP contribution in [0, 0.1) is 10.1 Å². The monoisotopic (exact) mass is 474 g/mol. The van der Waals surface area contributed by atoms with Gasteiger partial charge >= 0.3 is 0 Å². The SMILES string of the molecule is CCOc1ccccc1NC(=O)C[C@@H]1C(=O)Nc2ccccc2N1C(=O)c1cccc([N+](=O)[O-])c1. The van der Waals surface area contributed by atoms with Crippen LogP contribution in [0.5, 0.6) is 5.75 Å². The van der Waals surface area contributed by atoms with E-state index in [0.29, 0.717) is 29.4 Å². The van der Waals surface area contributed by atoms with E-state index in [2.05, 4.69) is 10.6 Å². The highest BCUT2D eigenvalue weighted by molar-refractivity contribution is 6.18. The summed E-state index contributed by atoms with van der Waals surface area (Å²) in [6.07, 6.45) is -0.346. The quantitative estimate of drug-likeness (QED) is 0.393. The molecule has 10 heteroatoms. The van der Waals surface area contributed by atoms with Gasteiger partial charge in [0.1, 0.15) is 11.8 Å². The van der Waals surface area contributed by atoms with Gasteiger partial charge in [-0.25, -0.2) is 0 Å². The van der Waals surface area contributed by atoms with Crippen molar-refractivity contribution >= 4 is 40.5 Å². The van der Waals surface area contributed by atoms with Crippen molar-refractivity contribution < 1.29 is 24.0 Å². The molecule has 4 rings (SSSR count). The van der Waals surface area contributed by atoms with E-state index in [0.717, 1.165) is 6.07 Å². The first-order valence-electron chi connectivity index (χ1n) is 10.9. The Morgan fingerprint density at radius 1 is 1.09 bits per heavy atom. The van der Waals surface area contributed by atoms with E-state index in [4.69, 9.17) is 4.74 Å². The number of non-ortho nitro benzene ring substituents is 1. The predicted octanol–water partition coefficient (Wildman–Crippen LogP) is 3.99. The average molecular weight is 474 g/mol. The lowest BCUT2D eigenvalue weighted by Crippen LogP contribution is -2.52. The lowest BCUT2D eigenvalue weighted by molar-refractivity contribution is -0.384. The molecule has 178 valence electrons. The number of amides is 3. The molecule has 1 atom stereocenters. The maximum absolute atomic E-state index is 13.5. The van der Waals surface area contributed by atoms with E-state index >= 15 is 0 Å². The van der Waals surface area contributed by atoms with Crippen molar-refractivity contribution in [1.82, 2.24) is 0 Å². The van der Waals surface area contributed by atoms with E-state index in [1.54, 1.807) is 48.5 Å². The molecule has 0 aromatic heterocycles. The van der Waals surface area contributed by atoms with Gasteiger partial charge in [-0.15, -0.1) is 0 Å². The number of ether oxygens (including phenoxy) is 1. The highest BCUT2D eigenvalue weighted by Gasteiger charge is 2.39. The Kier molecular flexibility index (Phi) is 6.72. The van der Waals surface area contributed by atoms with Gasteiger partial charge in [0.25, 0.3) is 11.6 Å². The van der Waals surface area contributed by atoms with Crippen LogP contribution in [0.15, 0.2) is 72.8 Å². The van der Waals surface area contributed by atoms with E-state index in [9.17, 15) is 24.5 Å². The summed E-state index contributed by atoms with van der Waals surface area (Å²) in [7, 11) is 0. The van der Waals surface area contributed by atoms with Crippen LogP contribution >= 0.6 is 0 Å². The van der Waals surface area contributed by atoms with Crippen LogP contribution in [0.3, 0.4) is 0 Å². The Morgan fingerprint density at radius 3 is 2.60 bits per heavy atom. The van der Waals surface area contributed by atoms with Gasteiger partial charge < -0.3 is 15.4 Å². The Labute approximate surface area is 200 Å². The summed E-state index contributed by atoms with van der Waals surface area (Å²) >= 11 is 0. The molecule has 0 spiro atoms. The van der Waals surface area contributed by atoms with Gasteiger partial charge in [0.15, 0.2) is 0 Å². The fraction of sp³-hybridized carbons (Fsp3) is 0.160. The van der Waals surface area contributed by atoms with Gasteiger partial charge in [-0.3, -0.25) is 29.4 Å². The van der Waals surface area contributed by atoms with Gasteiger partial charge in [-0.1, -0.05) is 30.3 Å². The van der Waals surface area contributed by atoms with Crippen molar-refractivity contribution in [3.05, 3.63) is 88.5 Å². The Bertz CT molecular complexity index is 1310. The third kappa shape index (κ3) is 4.96. The molecule has 3 aromatic carbocycles. The first-order chi connectivity index (χ1) is 16.9. The summed E-state index contributed by atoms with van der Waals surface area (Å²) in [5.74, 6) is -1.21. The van der Waals surface area contributed by atoms with Crippen molar-refractivity contribution in [2.45, 2.75) is 19.4 Å². The Hall–Kier alpha value is -4.73. The van der Waals surface area contributed by atoms with Crippen molar-refractivity contribution in [2.24, 2.45) is 0 Å². The molecule has 0 bridgehead atoms. The second-order valence-electron chi connectivity index (χ2n) is 7.69. The van der Waals surface area contributed by atoms with Gasteiger partial charge in [-0.05, 0) is 37.3 Å². The van der Waals surface area contributed by atoms with Crippen molar-refractivity contribution in [3.63, 3.8) is 0 Å². The molecule has 2 N–H and O–H groups in total. The zero-order valence-electron chi connectivity index (χ0n) is 18.8. The maximum atomic E-state index is 13.5. The average Bonchev–Trinajstić information content (AvgIpc) is 2.85. The van der Waals surface area contributed by atoms with E-state index in [1.165, 1.54) is 23.1 Å². The van der Waals surface area contributed by atoms with Crippen LogP contribution in [-0.4, -0.2) is 35.3 Å². The minimum Gasteiger partial charge on any atom is -0.492 e. The number of fused-ring (bicyclic) bond motifs is 1. The molecule has 35 heavy (non-hydrogen) atoms. The third-order valence-electron chi connectivity index (χ3n) is 5.40. The highest BCUT2D eigenvalue weighted by atomic mass is 16.6. The topological polar surface area (TPSA) is 131 Å². The molecule has 3 aromatic rings. The molecule has 1 aliphatic heterocycles. The Morgan fingerprint density at radius 2 is 1.83 bits per heavy atom. The van der Waals surface area contributed by atoms with Crippen molar-refractivity contribution in [1.29, 1.82) is 0 Å². The lowest BCUT2D eigenvalue weighted by atomic mass is 10.0. The number of nitro benzene ring substituents is 1. The van der Waals surface area contributed by atoms with Gasteiger partial charge in [0, 0.05) is 17.7 Å². The van der Waals surface area contributed by atoms with Crippen LogP contribution in [0.2, 0.25) is 0 Å². The van der Waals surface area contributed by atoms with Crippen molar-refractivity contribution in [2.75, 3.05) is 22.1 Å². The predicted molar refractivity (Wildman–Crippen MR) is 130 cm³/mol. The summed E-state index contributed by atoms with van der Waals surface area (Å²) < 4.78 is 5.53. The Balaban J connectivity index is 1.66. The molecular weight excluding hydrogens is 452 g/mol. The molecule has 0 aliphatic carbocycles. The van der Waals surface area contributed by atoms with E-state index in [-0.39, 0.29) is 17.7 Å². The van der Waals surface area contributed by atoms with Crippen LogP contribution in [0.4, 0.5) is 22.7 Å². The number of anilines is 3. The third-order valence-corrected chi connectivity index (χ3v) is 5.40. The molecule has 3 amide bonds. The second kappa shape index (κ2) is 10.0. The number of benzene rings is 3. The number of rotatable bonds is 7. The molecular formula is C25H22N4O6. The van der Waals surface area contributed by atoms with E-state index in [1.807, 2.05) is 6.92 Å². The molecule has 10 nitrogen and oxygen atoms in total. The molecule has 0 unspecified atom stereocenters. The smallest absolute Gasteiger partial charge is 0.270 e. The molecule has 0 fully saturated rings. The summed E-state index contributed by atoms with van der Waals surface area (Å²) in [6.45, 7) is 2.22. The number of para-hydroxylation sites is 4. The van der Waals surface area contributed by atoms with Crippen LogP contribution in [-0.2, 0) is 9.59 Å². The fourth-order valence-electron chi connectivity index (χ4n) is 3.85. The maximum Gasteiger partial charge on any atom is 0.270 e. The number of nitro groups is 1. The zero-order valence-corrected chi connectivity index (χ0v) is 18.8. The molecule has 0 saturated carbocycles. The highest BCUT2D eigenvalue weighted by Crippen LogP contribution is 2.35. The summed E-state index contributed by atoms with van der Waals surface area (Å²) in [5, 5.41) is 16.7. The van der Waals surface area contributed by atoms with Crippen LogP contribution in [0.1, 0.15) is 23.7 Å². The number of hydrogen-bond donors (Lipinski definition) is 2. The second-order valence-corrected chi connectivity index (χ2v) is 7.69. The van der Waals surface area contributed by atoms with Gasteiger partial charge in [-0.2, -0.15) is 0 Å². The van der Waals surface area contributed by atoms with Crippen LogP contribution < -0.4 is 20.3 Å². The zero-order chi connectivity index (χ0) is 24.9. The first-order valence-corrected chi connectivity index (χ1v) is 10.9. The number of carbonyl (C=O) groups is 3. The number of carbonyl (C=O) groups excluding carboxylic acids is 3. The normalized spacial score (nSPS) is 14.5. The fourth-order valence-corrected chi connectivity index (χ4v) is 3.85. The van der Waals surface area contributed by atoms with Gasteiger partial charge in [0.2, 0.25) is 11.8 Å². The summed E-state index contributed by atoms with van der Waals surface area (Å²) in [4.78, 5) is 51.4. The number of nitrogens with zero attached hydrogens (tertiary/aromatic N) is 2. The van der Waals surface area contributed by atoms with E-state index < -0.39 is 28.7 Å². The lowest BCUT2D eigenvalue weighted by Gasteiger charge is -2.36. The molecule has 1 aliphatic rings.